The Labute approximate surface area is 180 Å². The molecular weight excluding hydrogens is 435 g/mol. The van der Waals surface area contributed by atoms with Gasteiger partial charge in [-0.15, -0.1) is 0 Å². The van der Waals surface area contributed by atoms with Gasteiger partial charge in [-0.1, -0.05) is 47.5 Å². The molecule has 2 aromatic rings. The Hall–Kier alpha value is -1.90. The van der Waals surface area contributed by atoms with Crippen LogP contribution in [0.15, 0.2) is 53.4 Å². The molecule has 3 rings (SSSR count). The van der Waals surface area contributed by atoms with Crippen molar-refractivity contribution in [1.82, 2.24) is 9.62 Å². The van der Waals surface area contributed by atoms with Crippen LogP contribution in [0.25, 0.3) is 6.08 Å². The van der Waals surface area contributed by atoms with Crippen molar-refractivity contribution in [2.75, 3.05) is 26.3 Å². The van der Waals surface area contributed by atoms with Crippen molar-refractivity contribution in [3.05, 3.63) is 69.7 Å². The van der Waals surface area contributed by atoms with Crippen LogP contribution in [0.2, 0.25) is 10.0 Å². The van der Waals surface area contributed by atoms with Crippen molar-refractivity contribution in [2.45, 2.75) is 11.4 Å². The summed E-state index contributed by atoms with van der Waals surface area (Å²) in [4.78, 5) is 12.3. The van der Waals surface area contributed by atoms with Crippen LogP contribution in [0.1, 0.15) is 11.1 Å². The van der Waals surface area contributed by atoms with E-state index in [2.05, 4.69) is 5.32 Å². The summed E-state index contributed by atoms with van der Waals surface area (Å²) in [6.45, 7) is 1.77. The van der Waals surface area contributed by atoms with Gasteiger partial charge in [-0.3, -0.25) is 4.79 Å². The van der Waals surface area contributed by atoms with Gasteiger partial charge in [0.15, 0.2) is 0 Å². The van der Waals surface area contributed by atoms with E-state index < -0.39 is 10.0 Å². The molecule has 2 aromatic carbocycles. The van der Waals surface area contributed by atoms with E-state index in [0.717, 1.165) is 5.56 Å². The highest BCUT2D eigenvalue weighted by molar-refractivity contribution is 7.89. The van der Waals surface area contributed by atoms with Crippen molar-refractivity contribution in [3.8, 4) is 0 Å². The number of rotatable bonds is 6. The quantitative estimate of drug-likeness (QED) is 0.678. The van der Waals surface area contributed by atoms with Crippen LogP contribution in [0.3, 0.4) is 0 Å². The van der Waals surface area contributed by atoms with Crippen molar-refractivity contribution in [3.63, 3.8) is 0 Å². The largest absolute Gasteiger partial charge is 0.379 e. The molecule has 0 unspecified atom stereocenters. The molecule has 0 radical (unpaired) electrons. The van der Waals surface area contributed by atoms with Gasteiger partial charge in [0.1, 0.15) is 0 Å². The normalized spacial score (nSPS) is 15.5. The van der Waals surface area contributed by atoms with Gasteiger partial charge < -0.3 is 10.1 Å². The molecule has 29 heavy (non-hydrogen) atoms. The van der Waals surface area contributed by atoms with Gasteiger partial charge in [-0.05, 0) is 35.4 Å². The molecule has 0 atom stereocenters. The first-order valence-electron chi connectivity index (χ1n) is 8.95. The first-order valence-corrected chi connectivity index (χ1v) is 11.1. The summed E-state index contributed by atoms with van der Waals surface area (Å²) in [6.07, 6.45) is 2.95. The second-order valence-electron chi connectivity index (χ2n) is 6.35. The van der Waals surface area contributed by atoms with Crippen molar-refractivity contribution >= 4 is 45.2 Å². The second kappa shape index (κ2) is 9.73. The fraction of sp³-hybridized carbons (Fsp3) is 0.250. The lowest BCUT2D eigenvalue weighted by atomic mass is 10.2. The average molecular weight is 455 g/mol. The number of amides is 1. The maximum absolute atomic E-state index is 12.6. The SMILES string of the molecule is O=C(/C=C/c1cccc(Cl)c1Cl)NCc1ccc(S(=O)(=O)N2CCOCC2)cc1. The minimum Gasteiger partial charge on any atom is -0.379 e. The van der Waals surface area contributed by atoms with Crippen LogP contribution in [0.5, 0.6) is 0 Å². The Morgan fingerprint density at radius 3 is 2.48 bits per heavy atom. The predicted octanol–water partition coefficient (Wildman–Crippen LogP) is 3.34. The number of benzene rings is 2. The zero-order chi connectivity index (χ0) is 20.9. The number of halogens is 2. The Bertz CT molecular complexity index is 1000. The van der Waals surface area contributed by atoms with Crippen LogP contribution in [-0.2, 0) is 26.1 Å². The molecule has 6 nitrogen and oxygen atoms in total. The van der Waals surface area contributed by atoms with Gasteiger partial charge in [0, 0.05) is 25.7 Å². The van der Waals surface area contributed by atoms with Gasteiger partial charge in [0.2, 0.25) is 15.9 Å². The van der Waals surface area contributed by atoms with E-state index in [1.807, 2.05) is 0 Å². The first-order chi connectivity index (χ1) is 13.9. The molecule has 0 aromatic heterocycles. The third-order valence-corrected chi connectivity index (χ3v) is 7.14. The summed E-state index contributed by atoms with van der Waals surface area (Å²) in [5.74, 6) is -0.300. The molecule has 1 aliphatic heterocycles. The van der Waals surface area contributed by atoms with Crippen LogP contribution in [0, 0.1) is 0 Å². The lowest BCUT2D eigenvalue weighted by molar-refractivity contribution is -0.116. The van der Waals surface area contributed by atoms with Crippen LogP contribution >= 0.6 is 23.2 Å². The predicted molar refractivity (Wildman–Crippen MR) is 113 cm³/mol. The molecule has 9 heteroatoms. The van der Waals surface area contributed by atoms with E-state index >= 15 is 0 Å². The molecule has 0 bridgehead atoms. The smallest absolute Gasteiger partial charge is 0.244 e. The Kier molecular flexibility index (Phi) is 7.32. The number of nitrogens with one attached hydrogen (secondary N) is 1. The lowest BCUT2D eigenvalue weighted by Crippen LogP contribution is -2.40. The fourth-order valence-electron chi connectivity index (χ4n) is 2.78. The van der Waals surface area contributed by atoms with E-state index in [1.54, 1.807) is 48.5 Å². The topological polar surface area (TPSA) is 75.7 Å². The number of carbonyl (C=O) groups excluding carboxylic acids is 1. The average Bonchev–Trinajstić information content (AvgIpc) is 2.74. The van der Waals surface area contributed by atoms with Crippen LogP contribution < -0.4 is 5.32 Å². The summed E-state index contributed by atoms with van der Waals surface area (Å²) in [5, 5.41) is 3.55. The lowest BCUT2D eigenvalue weighted by Gasteiger charge is -2.26. The van der Waals surface area contributed by atoms with Gasteiger partial charge in [-0.25, -0.2) is 8.42 Å². The maximum Gasteiger partial charge on any atom is 0.244 e. The van der Waals surface area contributed by atoms with E-state index in [1.165, 1.54) is 10.4 Å². The molecule has 1 N–H and O–H groups in total. The molecule has 1 aliphatic rings. The van der Waals surface area contributed by atoms with E-state index in [0.29, 0.717) is 41.9 Å². The molecule has 1 heterocycles. The molecule has 0 spiro atoms. The summed E-state index contributed by atoms with van der Waals surface area (Å²) in [5.41, 5.74) is 1.43. The highest BCUT2D eigenvalue weighted by Gasteiger charge is 2.26. The van der Waals surface area contributed by atoms with Crippen molar-refractivity contribution in [1.29, 1.82) is 0 Å². The molecule has 0 saturated carbocycles. The summed E-state index contributed by atoms with van der Waals surface area (Å²) >= 11 is 12.0. The third-order valence-electron chi connectivity index (χ3n) is 4.39. The molecule has 154 valence electrons. The zero-order valence-corrected chi connectivity index (χ0v) is 17.8. The molecule has 1 amide bonds. The van der Waals surface area contributed by atoms with E-state index in [-0.39, 0.29) is 17.3 Å². The fourth-order valence-corrected chi connectivity index (χ4v) is 4.56. The van der Waals surface area contributed by atoms with Crippen molar-refractivity contribution in [2.24, 2.45) is 0 Å². The Balaban J connectivity index is 1.58. The number of nitrogens with zero attached hydrogens (tertiary/aromatic N) is 1. The summed E-state index contributed by atoms with van der Waals surface area (Å²) in [6, 6.07) is 11.6. The van der Waals surface area contributed by atoms with E-state index in [9.17, 15) is 13.2 Å². The number of morpholine rings is 1. The van der Waals surface area contributed by atoms with Gasteiger partial charge in [0.25, 0.3) is 0 Å². The van der Waals surface area contributed by atoms with Crippen LogP contribution in [0.4, 0.5) is 0 Å². The van der Waals surface area contributed by atoms with Crippen molar-refractivity contribution < 1.29 is 17.9 Å². The third kappa shape index (κ3) is 5.58. The number of ether oxygens (including phenoxy) is 1. The molecule has 1 fully saturated rings. The number of sulfonamides is 1. The Morgan fingerprint density at radius 2 is 1.79 bits per heavy atom. The van der Waals surface area contributed by atoms with Crippen LogP contribution in [-0.4, -0.2) is 44.9 Å². The first kappa shape index (κ1) is 21.8. The van der Waals surface area contributed by atoms with Gasteiger partial charge >= 0.3 is 0 Å². The minimum absolute atomic E-state index is 0.227. The van der Waals surface area contributed by atoms with Gasteiger partial charge in [-0.2, -0.15) is 4.31 Å². The highest BCUT2D eigenvalue weighted by Crippen LogP contribution is 2.26. The van der Waals surface area contributed by atoms with E-state index in [4.69, 9.17) is 27.9 Å². The molecule has 0 aliphatic carbocycles. The maximum atomic E-state index is 12.6. The Morgan fingerprint density at radius 1 is 1.10 bits per heavy atom. The summed E-state index contributed by atoms with van der Waals surface area (Å²) in [7, 11) is -3.53. The minimum atomic E-state index is -3.53. The molecule has 1 saturated heterocycles. The molecular formula is C20H20Cl2N2O4S. The number of hydrogen-bond acceptors (Lipinski definition) is 4. The monoisotopic (exact) mass is 454 g/mol. The second-order valence-corrected chi connectivity index (χ2v) is 9.08. The summed E-state index contributed by atoms with van der Waals surface area (Å²) < 4.78 is 31.8. The standard InChI is InChI=1S/C20H20Cl2N2O4S/c21-18-3-1-2-16(20(18)22)6-9-19(25)23-14-15-4-7-17(8-5-15)29(26,27)24-10-12-28-13-11-24/h1-9H,10-14H2,(H,23,25)/b9-6+. The number of carbonyl (C=O) groups is 1. The van der Waals surface area contributed by atoms with Gasteiger partial charge in [0.05, 0.1) is 28.2 Å². The number of hydrogen-bond donors (Lipinski definition) is 1. The zero-order valence-electron chi connectivity index (χ0n) is 15.5. The highest BCUT2D eigenvalue weighted by atomic mass is 35.5.